The zero-order valence-corrected chi connectivity index (χ0v) is 21.1. The lowest BCUT2D eigenvalue weighted by Crippen LogP contribution is -2.48. The minimum absolute atomic E-state index is 0.000573. The van der Waals surface area contributed by atoms with Crippen molar-refractivity contribution < 1.29 is 31.9 Å². The quantitative estimate of drug-likeness (QED) is 0.529. The summed E-state index contributed by atoms with van der Waals surface area (Å²) < 4.78 is 59.1. The van der Waals surface area contributed by atoms with Crippen LogP contribution >= 0.6 is 0 Å². The number of alkyl halides is 3. The van der Waals surface area contributed by atoms with Crippen molar-refractivity contribution in [3.8, 4) is 0 Å². The number of nitrogens with zero attached hydrogens (tertiary/aromatic N) is 3. The molecule has 0 aliphatic carbocycles. The first-order valence-corrected chi connectivity index (χ1v) is 12.3. The summed E-state index contributed by atoms with van der Waals surface area (Å²) in [7, 11) is 3.02. The summed E-state index contributed by atoms with van der Waals surface area (Å²) in [5.74, 6) is -0.828. The lowest BCUT2D eigenvalue weighted by atomic mass is 9.93. The molecular weight excluding hydrogens is 490 g/mol. The van der Waals surface area contributed by atoms with Crippen molar-refractivity contribution in [1.82, 2.24) is 9.80 Å². The van der Waals surface area contributed by atoms with E-state index in [4.69, 9.17) is 4.74 Å². The molecule has 2 fully saturated rings. The maximum Gasteiger partial charge on any atom is 0.416 e. The first-order chi connectivity index (χ1) is 17.5. The average molecular weight is 522 g/mol. The normalized spacial score (nSPS) is 20.7. The van der Waals surface area contributed by atoms with Gasteiger partial charge < -0.3 is 14.5 Å². The number of likely N-dealkylation sites (tertiary alicyclic amines) is 1. The van der Waals surface area contributed by atoms with Gasteiger partial charge in [0.05, 0.1) is 11.6 Å². The highest BCUT2D eigenvalue weighted by Crippen LogP contribution is 2.35. The Morgan fingerprint density at radius 2 is 1.65 bits per heavy atom. The third kappa shape index (κ3) is 5.89. The number of hydrogen-bond acceptors (Lipinski definition) is 3. The second kappa shape index (κ2) is 10.7. The topological polar surface area (TPSA) is 53.1 Å². The molecule has 3 amide bonds. The minimum atomic E-state index is -4.54. The minimum Gasteiger partial charge on any atom is -0.381 e. The van der Waals surface area contributed by atoms with Crippen molar-refractivity contribution in [2.24, 2.45) is 5.92 Å². The molecule has 0 radical (unpaired) electrons. The maximum atomic E-state index is 13.6. The summed E-state index contributed by atoms with van der Waals surface area (Å²) in [5, 5.41) is 0. The van der Waals surface area contributed by atoms with Crippen LogP contribution in [0.3, 0.4) is 0 Å². The van der Waals surface area contributed by atoms with Crippen molar-refractivity contribution in [1.29, 1.82) is 0 Å². The van der Waals surface area contributed by atoms with Gasteiger partial charge in [-0.25, -0.2) is 9.18 Å². The number of hydrogen-bond donors (Lipinski definition) is 0. The van der Waals surface area contributed by atoms with Crippen molar-refractivity contribution >= 4 is 17.6 Å². The molecule has 2 saturated heterocycles. The summed E-state index contributed by atoms with van der Waals surface area (Å²) in [6.45, 7) is 3.22. The predicted octanol–water partition coefficient (Wildman–Crippen LogP) is 5.06. The Bertz CT molecular complexity index is 1130. The van der Waals surface area contributed by atoms with Gasteiger partial charge in [-0.3, -0.25) is 9.69 Å². The third-order valence-corrected chi connectivity index (χ3v) is 7.33. The van der Waals surface area contributed by atoms with Gasteiger partial charge in [-0.2, -0.15) is 13.2 Å². The van der Waals surface area contributed by atoms with Crippen LogP contribution in [0.5, 0.6) is 0 Å². The van der Waals surface area contributed by atoms with E-state index < -0.39 is 29.6 Å². The van der Waals surface area contributed by atoms with Gasteiger partial charge in [-0.1, -0.05) is 12.1 Å². The number of aryl methyl sites for hydroxylation is 1. The Kier molecular flexibility index (Phi) is 7.77. The number of anilines is 1. The Hall–Kier alpha value is -3.14. The van der Waals surface area contributed by atoms with Crippen molar-refractivity contribution in [3.05, 3.63) is 65.0 Å². The van der Waals surface area contributed by atoms with Crippen LogP contribution in [0, 0.1) is 18.7 Å². The lowest BCUT2D eigenvalue weighted by molar-refractivity contribution is -0.138. The van der Waals surface area contributed by atoms with E-state index in [1.54, 1.807) is 31.0 Å². The molecule has 2 aromatic rings. The second-order valence-corrected chi connectivity index (χ2v) is 9.86. The molecule has 2 aromatic carbocycles. The zero-order chi connectivity index (χ0) is 26.9. The summed E-state index contributed by atoms with van der Waals surface area (Å²) in [4.78, 5) is 31.2. The Labute approximate surface area is 213 Å². The van der Waals surface area contributed by atoms with E-state index in [1.807, 2.05) is 0 Å². The first-order valence-electron chi connectivity index (χ1n) is 12.3. The molecule has 6 nitrogen and oxygen atoms in total. The van der Waals surface area contributed by atoms with Crippen LogP contribution in [0.4, 0.5) is 28.0 Å². The van der Waals surface area contributed by atoms with Gasteiger partial charge in [0, 0.05) is 57.9 Å². The van der Waals surface area contributed by atoms with Crippen LogP contribution in [0.25, 0.3) is 0 Å². The van der Waals surface area contributed by atoms with Gasteiger partial charge in [0.25, 0.3) is 0 Å². The fraction of sp³-hybridized carbons (Fsp3) is 0.481. The monoisotopic (exact) mass is 521 g/mol. The third-order valence-electron chi connectivity index (χ3n) is 7.33. The molecule has 2 aliphatic heterocycles. The van der Waals surface area contributed by atoms with Crippen LogP contribution in [0.2, 0.25) is 0 Å². The predicted molar refractivity (Wildman–Crippen MR) is 131 cm³/mol. The molecule has 4 rings (SSSR count). The molecular formula is C27H31F4N3O3. The highest BCUT2D eigenvalue weighted by Gasteiger charge is 2.42. The number of likely N-dealkylation sites (N-methyl/N-ethyl adjacent to an activating group) is 1. The molecule has 2 atom stereocenters. The van der Waals surface area contributed by atoms with E-state index in [2.05, 4.69) is 0 Å². The number of carbonyl (C=O) groups excluding carboxylic acids is 2. The van der Waals surface area contributed by atoms with Gasteiger partial charge in [-0.15, -0.1) is 0 Å². The first kappa shape index (κ1) is 26.9. The van der Waals surface area contributed by atoms with Gasteiger partial charge in [0.1, 0.15) is 5.82 Å². The molecule has 0 aromatic heterocycles. The van der Waals surface area contributed by atoms with Crippen LogP contribution in [-0.2, 0) is 15.7 Å². The molecule has 0 bridgehead atoms. The van der Waals surface area contributed by atoms with Crippen LogP contribution in [0.1, 0.15) is 35.4 Å². The summed E-state index contributed by atoms with van der Waals surface area (Å²) in [6, 6.07) is 8.53. The van der Waals surface area contributed by atoms with Crippen LogP contribution in [-0.4, -0.2) is 68.2 Å². The number of halogens is 4. The number of ether oxygens (including phenoxy) is 1. The van der Waals surface area contributed by atoms with Gasteiger partial charge in [0.2, 0.25) is 5.91 Å². The second-order valence-electron chi connectivity index (χ2n) is 9.86. The Morgan fingerprint density at radius 1 is 1.00 bits per heavy atom. The SMILES string of the molecule is Cc1cc(N(C)C(=O)N(C)[C@@H]2CN(C(=O)C3CCOCC3)C[C@H]2c2ccc(F)cc2)cc(C(F)(F)F)c1. The summed E-state index contributed by atoms with van der Waals surface area (Å²) in [5.41, 5.74) is 0.454. The largest absolute Gasteiger partial charge is 0.416 e. The van der Waals surface area contributed by atoms with E-state index in [-0.39, 0.29) is 30.0 Å². The summed E-state index contributed by atoms with van der Waals surface area (Å²) in [6.07, 6.45) is -3.28. The molecule has 10 heteroatoms. The Morgan fingerprint density at radius 3 is 2.27 bits per heavy atom. The molecule has 0 spiro atoms. The molecule has 0 unspecified atom stereocenters. The van der Waals surface area contributed by atoms with E-state index >= 15 is 0 Å². The zero-order valence-electron chi connectivity index (χ0n) is 21.1. The van der Waals surface area contributed by atoms with Gasteiger partial charge in [0.15, 0.2) is 0 Å². The van der Waals surface area contributed by atoms with E-state index in [0.717, 1.165) is 17.7 Å². The number of benzene rings is 2. The van der Waals surface area contributed by atoms with Gasteiger partial charge >= 0.3 is 12.2 Å². The molecule has 2 aliphatic rings. The molecule has 2 heterocycles. The molecule has 200 valence electrons. The summed E-state index contributed by atoms with van der Waals surface area (Å²) >= 11 is 0. The average Bonchev–Trinajstić information content (AvgIpc) is 3.32. The smallest absolute Gasteiger partial charge is 0.381 e. The fourth-order valence-corrected chi connectivity index (χ4v) is 5.21. The Balaban J connectivity index is 1.59. The van der Waals surface area contributed by atoms with Crippen LogP contribution < -0.4 is 4.90 Å². The highest BCUT2D eigenvalue weighted by molar-refractivity contribution is 5.92. The maximum absolute atomic E-state index is 13.6. The number of amides is 3. The van der Waals surface area contributed by atoms with E-state index in [1.165, 1.54) is 35.0 Å². The standard InChI is InChI=1S/C27H31F4N3O3/c1-17-12-20(27(29,30)31)14-22(13-17)32(2)26(36)33(3)24-16-34(25(35)19-8-10-37-11-9-19)15-23(24)18-4-6-21(28)7-5-18/h4-7,12-14,19,23-24H,8-11,15-16H2,1-3H3/t23-,24+/m0/s1. The number of urea groups is 1. The molecule has 0 N–H and O–H groups in total. The van der Waals surface area contributed by atoms with Crippen LogP contribution in [0.15, 0.2) is 42.5 Å². The fourth-order valence-electron chi connectivity index (χ4n) is 5.21. The van der Waals surface area contributed by atoms with Gasteiger partial charge in [-0.05, 0) is 61.2 Å². The number of rotatable bonds is 4. The number of carbonyl (C=O) groups is 2. The lowest BCUT2D eigenvalue weighted by Gasteiger charge is -2.33. The molecule has 37 heavy (non-hydrogen) atoms. The van der Waals surface area contributed by atoms with E-state index in [0.29, 0.717) is 38.2 Å². The highest BCUT2D eigenvalue weighted by atomic mass is 19.4. The van der Waals surface area contributed by atoms with E-state index in [9.17, 15) is 27.2 Å². The van der Waals surface area contributed by atoms with Crippen molar-refractivity contribution in [3.63, 3.8) is 0 Å². The van der Waals surface area contributed by atoms with Crippen molar-refractivity contribution in [2.45, 2.75) is 37.9 Å². The van der Waals surface area contributed by atoms with Crippen molar-refractivity contribution in [2.75, 3.05) is 45.3 Å². The molecule has 0 saturated carbocycles.